The van der Waals surface area contributed by atoms with Crippen LogP contribution in [0.2, 0.25) is 0 Å². The van der Waals surface area contributed by atoms with Crippen molar-refractivity contribution in [1.82, 2.24) is 0 Å². The normalized spacial score (nSPS) is 13.0. The fourth-order valence-electron chi connectivity index (χ4n) is 1.79. The Hall–Kier alpha value is -2.59. The fraction of sp³-hybridized carbons (Fsp3) is 0.286. The van der Waals surface area contributed by atoms with Crippen molar-refractivity contribution in [3.05, 3.63) is 29.3 Å². The first kappa shape index (κ1) is 19.5. The predicted octanol–water partition coefficient (Wildman–Crippen LogP) is 0.165. The van der Waals surface area contributed by atoms with Crippen molar-refractivity contribution < 1.29 is 27.2 Å². The van der Waals surface area contributed by atoms with Gasteiger partial charge in [0.05, 0.1) is 20.0 Å². The Kier molecular flexibility index (Phi) is 6.74. The molecule has 1 aliphatic heterocycles. The molecule has 0 bridgehead atoms. The average Bonchev–Trinajstić information content (AvgIpc) is 2.66. The lowest BCUT2D eigenvalue weighted by Gasteiger charge is -2.07. The molecule has 132 valence electrons. The molecule has 0 aromatic heterocycles. The summed E-state index contributed by atoms with van der Waals surface area (Å²) in [7, 11) is -2.09. The van der Waals surface area contributed by atoms with Crippen LogP contribution in [0, 0.1) is 0 Å². The van der Waals surface area contributed by atoms with E-state index in [1.165, 1.54) is 0 Å². The Labute approximate surface area is 139 Å². The van der Waals surface area contributed by atoms with Crippen molar-refractivity contribution in [2.24, 2.45) is 16.5 Å². The van der Waals surface area contributed by atoms with Gasteiger partial charge in [0.25, 0.3) is 16.0 Å². The summed E-state index contributed by atoms with van der Waals surface area (Å²) in [5.41, 5.74) is 11.7. The van der Waals surface area contributed by atoms with E-state index in [1.807, 2.05) is 0 Å². The van der Waals surface area contributed by atoms with E-state index in [-0.39, 0.29) is 5.96 Å². The molecule has 9 nitrogen and oxygen atoms in total. The molecular weight excluding hydrogens is 338 g/mol. The number of hydrogen-bond donors (Lipinski definition) is 3. The highest BCUT2D eigenvalue weighted by Crippen LogP contribution is 2.29. The third-order valence-corrected chi connectivity index (χ3v) is 2.68. The minimum Gasteiger partial charge on any atom is -0.497 e. The second-order valence-corrected chi connectivity index (χ2v) is 6.21. The maximum absolute atomic E-state index is 11.8. The van der Waals surface area contributed by atoms with Crippen LogP contribution in [0.4, 0.5) is 0 Å². The lowest BCUT2D eigenvalue weighted by molar-refractivity contribution is -0.114. The Bertz CT molecular complexity index is 759. The van der Waals surface area contributed by atoms with Crippen molar-refractivity contribution in [2.45, 2.75) is 6.42 Å². The third-order valence-electron chi connectivity index (χ3n) is 2.68. The fourth-order valence-corrected chi connectivity index (χ4v) is 1.79. The first-order chi connectivity index (χ1) is 11.1. The van der Waals surface area contributed by atoms with Gasteiger partial charge in [-0.1, -0.05) is 0 Å². The van der Waals surface area contributed by atoms with Crippen molar-refractivity contribution in [2.75, 3.05) is 20.0 Å². The number of hydrogen-bond acceptors (Lipinski definition) is 5. The molecule has 1 aromatic carbocycles. The molecule has 0 saturated carbocycles. The van der Waals surface area contributed by atoms with Crippen molar-refractivity contribution in [1.29, 1.82) is 0 Å². The topological polar surface area (TPSA) is 154 Å². The molecule has 1 aliphatic rings. The van der Waals surface area contributed by atoms with E-state index in [2.05, 4.69) is 4.99 Å². The standard InChI is InChI=1S/C13H15N3O3.CH4O3S/c1-18-10-2-3-11-9(7-10)6-8(4-5-19-11)12(17)16-13(14)15;1-5(2,3)4/h2-3,6-7H,4-5H2,1H3,(H4,14,15,16,17);1H3,(H,2,3,4). The molecule has 24 heavy (non-hydrogen) atoms. The highest BCUT2D eigenvalue weighted by Gasteiger charge is 2.15. The maximum Gasteiger partial charge on any atom is 0.276 e. The van der Waals surface area contributed by atoms with Crippen LogP contribution in [0.25, 0.3) is 6.08 Å². The van der Waals surface area contributed by atoms with E-state index < -0.39 is 16.0 Å². The molecule has 0 atom stereocenters. The molecular formula is C14H19N3O6S. The van der Waals surface area contributed by atoms with Crippen LogP contribution in [-0.4, -0.2) is 44.8 Å². The lowest BCUT2D eigenvalue weighted by Crippen LogP contribution is -2.24. The van der Waals surface area contributed by atoms with E-state index in [1.54, 1.807) is 31.4 Å². The van der Waals surface area contributed by atoms with Gasteiger partial charge in [-0.15, -0.1) is 0 Å². The Balaban J connectivity index is 0.000000505. The number of benzene rings is 1. The van der Waals surface area contributed by atoms with Gasteiger partial charge in [0.15, 0.2) is 5.96 Å². The summed E-state index contributed by atoms with van der Waals surface area (Å²) in [6.45, 7) is 0.400. The molecule has 0 aliphatic carbocycles. The van der Waals surface area contributed by atoms with E-state index >= 15 is 0 Å². The molecule has 0 spiro atoms. The quantitative estimate of drug-likeness (QED) is 0.384. The Morgan fingerprint density at radius 1 is 1.38 bits per heavy atom. The van der Waals surface area contributed by atoms with Crippen molar-refractivity contribution >= 4 is 28.1 Å². The van der Waals surface area contributed by atoms with Gasteiger partial charge < -0.3 is 20.9 Å². The molecule has 1 heterocycles. The number of rotatable bonds is 2. The number of carbonyl (C=O) groups excluding carboxylic acids is 1. The molecule has 5 N–H and O–H groups in total. The number of aliphatic imine (C=N–C) groups is 1. The summed E-state index contributed by atoms with van der Waals surface area (Å²) < 4.78 is 36.6. The number of fused-ring (bicyclic) bond motifs is 1. The SMILES string of the molecule is COc1ccc2c(c1)C=C(C(=O)N=C(N)N)CCO2.CS(=O)(=O)O. The second kappa shape index (κ2) is 8.31. The van der Waals surface area contributed by atoms with E-state index in [0.29, 0.717) is 36.4 Å². The molecule has 10 heteroatoms. The van der Waals surface area contributed by atoms with E-state index in [4.69, 9.17) is 25.5 Å². The first-order valence-electron chi connectivity index (χ1n) is 6.68. The number of carbonyl (C=O) groups is 1. The summed E-state index contributed by atoms with van der Waals surface area (Å²) in [6, 6.07) is 5.40. The van der Waals surface area contributed by atoms with Gasteiger partial charge in [-0.25, -0.2) is 0 Å². The number of ether oxygens (including phenoxy) is 2. The molecule has 0 fully saturated rings. The lowest BCUT2D eigenvalue weighted by atomic mass is 10.1. The minimum absolute atomic E-state index is 0.248. The molecule has 2 rings (SSSR count). The molecule has 0 unspecified atom stereocenters. The summed E-state index contributed by atoms with van der Waals surface area (Å²) in [6.07, 6.45) is 2.89. The minimum atomic E-state index is -3.67. The highest BCUT2D eigenvalue weighted by atomic mass is 32.2. The van der Waals surface area contributed by atoms with Crippen molar-refractivity contribution in [3.8, 4) is 11.5 Å². The monoisotopic (exact) mass is 357 g/mol. The van der Waals surface area contributed by atoms with Crippen LogP contribution in [0.3, 0.4) is 0 Å². The number of amides is 1. The number of guanidine groups is 1. The third kappa shape index (κ3) is 7.11. The largest absolute Gasteiger partial charge is 0.497 e. The van der Waals surface area contributed by atoms with E-state index in [0.717, 1.165) is 5.56 Å². The second-order valence-electron chi connectivity index (χ2n) is 4.75. The number of nitrogens with zero attached hydrogens (tertiary/aromatic N) is 1. The van der Waals surface area contributed by atoms with Crippen LogP contribution in [0.1, 0.15) is 12.0 Å². The number of methoxy groups -OCH3 is 1. The first-order valence-corrected chi connectivity index (χ1v) is 8.53. The van der Waals surface area contributed by atoms with Gasteiger partial charge in [0, 0.05) is 17.6 Å². The van der Waals surface area contributed by atoms with Gasteiger partial charge >= 0.3 is 0 Å². The summed E-state index contributed by atoms with van der Waals surface area (Å²) in [4.78, 5) is 15.4. The summed E-state index contributed by atoms with van der Waals surface area (Å²) >= 11 is 0. The number of nitrogens with two attached hydrogens (primary N) is 2. The molecule has 1 aromatic rings. The van der Waals surface area contributed by atoms with Crippen LogP contribution in [0.15, 0.2) is 28.8 Å². The molecule has 0 saturated heterocycles. The zero-order valence-corrected chi connectivity index (χ0v) is 14.0. The van der Waals surface area contributed by atoms with Gasteiger partial charge in [0.2, 0.25) is 0 Å². The molecule has 0 radical (unpaired) electrons. The van der Waals surface area contributed by atoms with Crippen LogP contribution in [0.5, 0.6) is 11.5 Å². The van der Waals surface area contributed by atoms with Gasteiger partial charge in [-0.3, -0.25) is 9.35 Å². The average molecular weight is 357 g/mol. The van der Waals surface area contributed by atoms with E-state index in [9.17, 15) is 13.2 Å². The zero-order chi connectivity index (χ0) is 18.3. The zero-order valence-electron chi connectivity index (χ0n) is 13.2. The Morgan fingerprint density at radius 3 is 2.54 bits per heavy atom. The van der Waals surface area contributed by atoms with Gasteiger partial charge in [0.1, 0.15) is 11.5 Å². The van der Waals surface area contributed by atoms with Crippen LogP contribution < -0.4 is 20.9 Å². The molecule has 1 amide bonds. The summed E-state index contributed by atoms with van der Waals surface area (Å²) in [5.74, 6) is 0.698. The summed E-state index contributed by atoms with van der Waals surface area (Å²) in [5, 5.41) is 0. The van der Waals surface area contributed by atoms with Crippen LogP contribution in [-0.2, 0) is 14.9 Å². The predicted molar refractivity (Wildman–Crippen MR) is 89.4 cm³/mol. The van der Waals surface area contributed by atoms with Gasteiger partial charge in [-0.2, -0.15) is 13.4 Å². The maximum atomic E-state index is 11.8. The van der Waals surface area contributed by atoms with Crippen molar-refractivity contribution in [3.63, 3.8) is 0 Å². The highest BCUT2D eigenvalue weighted by molar-refractivity contribution is 7.85. The Morgan fingerprint density at radius 2 is 2.00 bits per heavy atom. The smallest absolute Gasteiger partial charge is 0.276 e. The van der Waals surface area contributed by atoms with Crippen LogP contribution >= 0.6 is 0 Å². The van der Waals surface area contributed by atoms with Gasteiger partial charge in [-0.05, 0) is 24.3 Å².